The molecule has 0 bridgehead atoms. The van der Waals surface area contributed by atoms with Crippen molar-refractivity contribution in [1.29, 1.82) is 0 Å². The molecule has 1 aliphatic rings. The molecule has 6 heteroatoms. The fourth-order valence-corrected chi connectivity index (χ4v) is 4.50. The normalized spacial score (nSPS) is 20.3. The predicted octanol–water partition coefficient (Wildman–Crippen LogP) is 6.02. The number of rotatable bonds is 12. The zero-order valence-corrected chi connectivity index (χ0v) is 19.0. The predicted molar refractivity (Wildman–Crippen MR) is 118 cm³/mol. The van der Waals surface area contributed by atoms with Gasteiger partial charge in [-0.1, -0.05) is 45.6 Å². The summed E-state index contributed by atoms with van der Waals surface area (Å²) in [6, 6.07) is 5.67. The molecule has 5 nitrogen and oxygen atoms in total. The number of fused-ring (bicyclic) bond motifs is 1. The molecule has 0 amide bonds. The molecule has 0 fully saturated rings. The van der Waals surface area contributed by atoms with Gasteiger partial charge in [0.2, 0.25) is 0 Å². The van der Waals surface area contributed by atoms with Gasteiger partial charge in [-0.05, 0) is 68.9 Å². The van der Waals surface area contributed by atoms with Gasteiger partial charge in [0.15, 0.2) is 0 Å². The largest absolute Gasteiger partial charge is 0.490 e. The first-order chi connectivity index (χ1) is 13.7. The highest BCUT2D eigenvalue weighted by Gasteiger charge is 2.29. The van der Waals surface area contributed by atoms with E-state index in [-0.39, 0.29) is 11.8 Å². The molecule has 1 aromatic rings. The van der Waals surface area contributed by atoms with E-state index in [1.807, 2.05) is 25.1 Å². The highest BCUT2D eigenvalue weighted by atomic mass is 31.2. The molecular formula is C23H37O5P. The van der Waals surface area contributed by atoms with Crippen molar-refractivity contribution in [1.82, 2.24) is 0 Å². The molecule has 164 valence electrons. The smallest absolute Gasteiger partial charge is 0.329 e. The van der Waals surface area contributed by atoms with Gasteiger partial charge < -0.3 is 19.3 Å². The Kier molecular flexibility index (Phi) is 9.26. The van der Waals surface area contributed by atoms with Crippen LogP contribution in [0.1, 0.15) is 77.7 Å². The van der Waals surface area contributed by atoms with Crippen LogP contribution < -0.4 is 9.47 Å². The van der Waals surface area contributed by atoms with Crippen LogP contribution in [0, 0.1) is 0 Å². The number of unbranched alkanes of at least 4 members (excludes halogenated alkanes) is 5. The number of hydrogen-bond acceptors (Lipinski definition) is 3. The molecule has 2 rings (SSSR count). The van der Waals surface area contributed by atoms with Crippen LogP contribution in [0.15, 0.2) is 30.4 Å². The van der Waals surface area contributed by atoms with Gasteiger partial charge in [-0.3, -0.25) is 4.57 Å². The number of allylic oxidation sites excluding steroid dienone is 1. The summed E-state index contributed by atoms with van der Waals surface area (Å²) < 4.78 is 23.3. The fourth-order valence-electron chi connectivity index (χ4n) is 3.63. The van der Waals surface area contributed by atoms with Gasteiger partial charge in [-0.25, -0.2) is 0 Å². The molecule has 2 unspecified atom stereocenters. The van der Waals surface area contributed by atoms with E-state index in [1.54, 1.807) is 0 Å². The lowest BCUT2D eigenvalue weighted by atomic mass is 9.91. The van der Waals surface area contributed by atoms with Crippen LogP contribution in [0.5, 0.6) is 11.5 Å². The Morgan fingerprint density at radius 3 is 2.69 bits per heavy atom. The van der Waals surface area contributed by atoms with Crippen LogP contribution in [0.2, 0.25) is 0 Å². The summed E-state index contributed by atoms with van der Waals surface area (Å²) in [5.74, 6) is 1.50. The lowest BCUT2D eigenvalue weighted by Gasteiger charge is -2.34. The highest BCUT2D eigenvalue weighted by molar-refractivity contribution is 7.51. The molecule has 1 aromatic carbocycles. The summed E-state index contributed by atoms with van der Waals surface area (Å²) in [4.78, 5) is 18.4. The van der Waals surface area contributed by atoms with Gasteiger partial charge in [-0.15, -0.1) is 0 Å². The van der Waals surface area contributed by atoms with E-state index in [1.165, 1.54) is 32.1 Å². The first-order valence-electron chi connectivity index (χ1n) is 11.0. The molecule has 0 radical (unpaired) electrons. The van der Waals surface area contributed by atoms with Crippen LogP contribution in [-0.2, 0) is 11.0 Å². The average Bonchev–Trinajstić information content (AvgIpc) is 2.66. The second kappa shape index (κ2) is 11.2. The van der Waals surface area contributed by atoms with Gasteiger partial charge in [-0.2, -0.15) is 0 Å². The zero-order chi connectivity index (χ0) is 21.3. The maximum absolute atomic E-state index is 11.3. The first kappa shape index (κ1) is 24.0. The Labute approximate surface area is 175 Å². The van der Waals surface area contributed by atoms with Crippen molar-refractivity contribution in [2.45, 2.75) is 90.3 Å². The quantitative estimate of drug-likeness (QED) is 0.244. The van der Waals surface area contributed by atoms with Crippen LogP contribution in [0.3, 0.4) is 0 Å². The van der Waals surface area contributed by atoms with Crippen molar-refractivity contribution in [2.24, 2.45) is 0 Å². The second-order valence-electron chi connectivity index (χ2n) is 8.28. The molecule has 1 heterocycles. The second-order valence-corrected chi connectivity index (χ2v) is 9.98. The molecule has 2 atom stereocenters. The number of hydrogen-bond donors (Lipinski definition) is 2. The molecule has 1 aliphatic heterocycles. The van der Waals surface area contributed by atoms with E-state index in [0.717, 1.165) is 30.6 Å². The standard InChI is InChI=1S/C23H37O5P/c1-4-6-7-8-9-10-11-15-23(3)16-14-19-17-21(12-13-22(19)28-23)27-20(5-2)18-29(24,25)26/h11-13,15,17,20H,4-10,14,16,18H2,1-3H3,(H2,24,25,26). The summed E-state index contributed by atoms with van der Waals surface area (Å²) in [6.07, 6.45) is 13.6. The van der Waals surface area contributed by atoms with E-state index in [9.17, 15) is 14.4 Å². The van der Waals surface area contributed by atoms with Crippen LogP contribution in [-0.4, -0.2) is 27.7 Å². The van der Waals surface area contributed by atoms with Crippen molar-refractivity contribution >= 4 is 7.60 Å². The fraction of sp³-hybridized carbons (Fsp3) is 0.652. The summed E-state index contributed by atoms with van der Waals surface area (Å²) >= 11 is 0. The topological polar surface area (TPSA) is 76.0 Å². The molecule has 0 aromatic heterocycles. The molecule has 0 saturated carbocycles. The summed E-state index contributed by atoms with van der Waals surface area (Å²) in [5, 5.41) is 0. The van der Waals surface area contributed by atoms with Gasteiger partial charge in [0.1, 0.15) is 23.2 Å². The maximum atomic E-state index is 11.3. The van der Waals surface area contributed by atoms with Crippen molar-refractivity contribution in [3.8, 4) is 11.5 Å². The van der Waals surface area contributed by atoms with Crippen LogP contribution in [0.4, 0.5) is 0 Å². The van der Waals surface area contributed by atoms with Crippen molar-refractivity contribution < 1.29 is 23.8 Å². The van der Waals surface area contributed by atoms with E-state index in [0.29, 0.717) is 12.2 Å². The van der Waals surface area contributed by atoms with Crippen LogP contribution in [0.25, 0.3) is 0 Å². The summed E-state index contributed by atoms with van der Waals surface area (Å²) in [6.45, 7) is 6.23. The minimum atomic E-state index is -4.09. The van der Waals surface area contributed by atoms with E-state index in [4.69, 9.17) is 9.47 Å². The lowest BCUT2D eigenvalue weighted by molar-refractivity contribution is 0.113. The summed E-state index contributed by atoms with van der Waals surface area (Å²) in [5.41, 5.74) is 0.796. The van der Waals surface area contributed by atoms with Gasteiger partial charge in [0, 0.05) is 0 Å². The van der Waals surface area contributed by atoms with Crippen LogP contribution >= 0.6 is 7.60 Å². The minimum absolute atomic E-state index is 0.265. The number of ether oxygens (including phenoxy) is 2. The van der Waals surface area contributed by atoms with E-state index >= 15 is 0 Å². The lowest BCUT2D eigenvalue weighted by Crippen LogP contribution is -2.34. The highest BCUT2D eigenvalue weighted by Crippen LogP contribution is 2.39. The Bertz CT molecular complexity index is 711. The third kappa shape index (κ3) is 8.54. The zero-order valence-electron chi connectivity index (χ0n) is 18.1. The SMILES string of the molecule is CCCCCCCC=CC1(C)CCc2cc(OC(CC)CP(=O)(O)O)ccc2O1. The Morgan fingerprint density at radius 2 is 2.00 bits per heavy atom. The van der Waals surface area contributed by atoms with Gasteiger partial charge in [0.05, 0.1) is 6.16 Å². The molecule has 2 N–H and O–H groups in total. The maximum Gasteiger partial charge on any atom is 0.329 e. The monoisotopic (exact) mass is 424 g/mol. The molecule has 0 aliphatic carbocycles. The molecule has 0 spiro atoms. The van der Waals surface area contributed by atoms with E-state index < -0.39 is 13.7 Å². The number of aryl methyl sites for hydroxylation is 1. The summed E-state index contributed by atoms with van der Waals surface area (Å²) in [7, 11) is -4.09. The van der Waals surface area contributed by atoms with Crippen molar-refractivity contribution in [3.63, 3.8) is 0 Å². The van der Waals surface area contributed by atoms with Gasteiger partial charge in [0.25, 0.3) is 0 Å². The Hall–Kier alpha value is -1.29. The third-order valence-electron chi connectivity index (χ3n) is 5.41. The number of benzene rings is 1. The molecule has 0 saturated heterocycles. The molecule has 29 heavy (non-hydrogen) atoms. The average molecular weight is 425 g/mol. The Morgan fingerprint density at radius 1 is 1.24 bits per heavy atom. The minimum Gasteiger partial charge on any atom is -0.490 e. The van der Waals surface area contributed by atoms with E-state index in [2.05, 4.69) is 26.0 Å². The van der Waals surface area contributed by atoms with Crippen molar-refractivity contribution in [3.05, 3.63) is 35.9 Å². The van der Waals surface area contributed by atoms with Gasteiger partial charge >= 0.3 is 7.60 Å². The third-order valence-corrected chi connectivity index (χ3v) is 6.29. The Balaban J connectivity index is 1.91. The molecular weight excluding hydrogens is 387 g/mol. The van der Waals surface area contributed by atoms with Crippen molar-refractivity contribution in [2.75, 3.05) is 6.16 Å². The first-order valence-corrected chi connectivity index (χ1v) is 12.8.